The summed E-state index contributed by atoms with van der Waals surface area (Å²) in [6.45, 7) is 0. The first kappa shape index (κ1) is 28.3. The monoisotopic (exact) mass is 651 g/mol. The minimum Gasteiger partial charge on any atom is -0.310 e. The van der Waals surface area contributed by atoms with E-state index in [0.29, 0.717) is 5.92 Å². The molecule has 3 nitrogen and oxygen atoms in total. The van der Waals surface area contributed by atoms with Crippen molar-refractivity contribution >= 4 is 71.1 Å². The van der Waals surface area contributed by atoms with Crippen LogP contribution in [0.1, 0.15) is 17.9 Å². The highest BCUT2D eigenvalue weighted by molar-refractivity contribution is 6.29. The number of fused-ring (bicyclic) bond motifs is 10. The van der Waals surface area contributed by atoms with Crippen LogP contribution in [0.4, 0.5) is 0 Å². The molecule has 0 fully saturated rings. The maximum atomic E-state index is 2.47. The Morgan fingerprint density at radius 3 is 1.43 bits per heavy atom. The first-order valence-electron chi connectivity index (χ1n) is 17.8. The molecule has 7 aromatic carbocycles. The van der Waals surface area contributed by atoms with Crippen molar-refractivity contribution in [2.75, 3.05) is 0 Å². The normalized spacial score (nSPS) is 14.8. The van der Waals surface area contributed by atoms with Crippen LogP contribution in [0.5, 0.6) is 0 Å². The van der Waals surface area contributed by atoms with E-state index >= 15 is 0 Å². The van der Waals surface area contributed by atoms with Gasteiger partial charge >= 0.3 is 0 Å². The molecule has 0 saturated heterocycles. The van der Waals surface area contributed by atoms with Gasteiger partial charge in [0.25, 0.3) is 0 Å². The molecule has 11 rings (SSSR count). The van der Waals surface area contributed by atoms with E-state index in [-0.39, 0.29) is 0 Å². The van der Waals surface area contributed by atoms with Crippen molar-refractivity contribution in [1.29, 1.82) is 0 Å². The van der Waals surface area contributed by atoms with Gasteiger partial charge in [0.1, 0.15) is 0 Å². The molecule has 0 saturated carbocycles. The first-order chi connectivity index (χ1) is 25.3. The van der Waals surface area contributed by atoms with Crippen LogP contribution in [0.2, 0.25) is 0 Å². The lowest BCUT2D eigenvalue weighted by Gasteiger charge is -2.18. The molecule has 1 aliphatic rings. The van der Waals surface area contributed by atoms with E-state index in [1.54, 1.807) is 0 Å². The predicted molar refractivity (Wildman–Crippen MR) is 215 cm³/mol. The summed E-state index contributed by atoms with van der Waals surface area (Å²) in [5.74, 6) is 0.394. The van der Waals surface area contributed by atoms with Crippen molar-refractivity contribution in [2.45, 2.75) is 12.3 Å². The smallest absolute Gasteiger partial charge is 0.0548 e. The second kappa shape index (κ2) is 11.0. The topological polar surface area (TPSA) is 14.8 Å². The molecule has 0 radical (unpaired) electrons. The fourth-order valence-corrected chi connectivity index (χ4v) is 8.77. The Bertz CT molecular complexity index is 3000. The van der Waals surface area contributed by atoms with Crippen LogP contribution in [-0.4, -0.2) is 13.7 Å². The lowest BCUT2D eigenvalue weighted by molar-refractivity contribution is 0.850. The fourth-order valence-electron chi connectivity index (χ4n) is 8.77. The van der Waals surface area contributed by atoms with E-state index in [4.69, 9.17) is 0 Å². The molecule has 0 bridgehead atoms. The van der Waals surface area contributed by atoms with Crippen LogP contribution >= 0.6 is 0 Å². The van der Waals surface area contributed by atoms with Crippen molar-refractivity contribution in [3.05, 3.63) is 188 Å². The molecule has 240 valence electrons. The Labute approximate surface area is 295 Å². The molecule has 51 heavy (non-hydrogen) atoms. The zero-order valence-corrected chi connectivity index (χ0v) is 27.9. The zero-order chi connectivity index (χ0) is 33.5. The molecule has 0 N–H and O–H groups in total. The summed E-state index contributed by atoms with van der Waals surface area (Å²) < 4.78 is 7.33. The Kier molecular flexibility index (Phi) is 6.08. The van der Waals surface area contributed by atoms with Gasteiger partial charge in [0, 0.05) is 55.3 Å². The third kappa shape index (κ3) is 4.12. The lowest BCUT2D eigenvalue weighted by Crippen LogP contribution is -2.02. The van der Waals surface area contributed by atoms with Crippen molar-refractivity contribution in [1.82, 2.24) is 13.7 Å². The standard InChI is InChI=1S/C48H33N3/c1-2-13-32(14-3-1)33-25-27-34(28-26-33)49-43-23-10-6-19-39(43)47-45(49)29-30-46-48(47)40-20-7-11-24-44(40)51(46)36-16-12-15-35(31-36)50-41-21-8-4-17-37(41)38-18-5-9-22-42(38)50/h1-25,27-31,33H,26H2. The molecule has 3 aromatic heterocycles. The molecule has 0 aliphatic heterocycles. The fraction of sp³-hybridized carbons (Fsp3) is 0.0417. The molecule has 3 heteroatoms. The molecular formula is C48H33N3. The van der Waals surface area contributed by atoms with Crippen molar-refractivity contribution in [3.8, 4) is 11.4 Å². The van der Waals surface area contributed by atoms with Gasteiger partial charge in [0.05, 0.1) is 33.1 Å². The zero-order valence-electron chi connectivity index (χ0n) is 27.9. The molecule has 0 amide bonds. The maximum Gasteiger partial charge on any atom is 0.0548 e. The van der Waals surface area contributed by atoms with Gasteiger partial charge in [-0.2, -0.15) is 0 Å². The van der Waals surface area contributed by atoms with Crippen LogP contribution in [0.15, 0.2) is 182 Å². The number of benzene rings is 7. The molecular weight excluding hydrogens is 619 g/mol. The number of hydrogen-bond donors (Lipinski definition) is 0. The van der Waals surface area contributed by atoms with Gasteiger partial charge in [-0.15, -0.1) is 0 Å². The summed E-state index contributed by atoms with van der Waals surface area (Å²) >= 11 is 0. The van der Waals surface area contributed by atoms with Crippen LogP contribution < -0.4 is 0 Å². The first-order valence-corrected chi connectivity index (χ1v) is 17.8. The van der Waals surface area contributed by atoms with Crippen LogP contribution in [0, 0.1) is 0 Å². The van der Waals surface area contributed by atoms with Gasteiger partial charge in [0.2, 0.25) is 0 Å². The maximum absolute atomic E-state index is 2.47. The highest BCUT2D eigenvalue weighted by Crippen LogP contribution is 2.43. The van der Waals surface area contributed by atoms with E-state index in [1.807, 2.05) is 0 Å². The van der Waals surface area contributed by atoms with Gasteiger partial charge in [-0.1, -0.05) is 121 Å². The molecule has 1 atom stereocenters. The minimum absolute atomic E-state index is 0.394. The number of allylic oxidation sites excluding steroid dienone is 4. The summed E-state index contributed by atoms with van der Waals surface area (Å²) in [6, 6.07) is 59.8. The molecule has 1 unspecified atom stereocenters. The average Bonchev–Trinajstić information content (AvgIpc) is 3.84. The number of para-hydroxylation sites is 4. The number of rotatable bonds is 4. The second-order valence-corrected chi connectivity index (χ2v) is 13.7. The number of hydrogen-bond acceptors (Lipinski definition) is 0. The lowest BCUT2D eigenvalue weighted by atomic mass is 9.92. The Morgan fingerprint density at radius 1 is 0.392 bits per heavy atom. The van der Waals surface area contributed by atoms with E-state index in [0.717, 1.165) is 17.8 Å². The van der Waals surface area contributed by atoms with Gasteiger partial charge in [-0.25, -0.2) is 0 Å². The van der Waals surface area contributed by atoms with Crippen LogP contribution in [0.3, 0.4) is 0 Å². The Morgan fingerprint density at radius 2 is 0.863 bits per heavy atom. The van der Waals surface area contributed by atoms with Crippen LogP contribution in [-0.2, 0) is 0 Å². The van der Waals surface area contributed by atoms with E-state index in [2.05, 4.69) is 196 Å². The SMILES string of the molecule is C1=CC(c2ccccc2)CC=C1n1c2ccccc2c2c3c4ccccc4n(-c4cccc(-n5c6ccccc6c6ccccc65)c4)c3ccc21. The van der Waals surface area contributed by atoms with Gasteiger partial charge < -0.3 is 13.7 Å². The van der Waals surface area contributed by atoms with Crippen LogP contribution in [0.25, 0.3) is 82.5 Å². The molecule has 1 aliphatic carbocycles. The second-order valence-electron chi connectivity index (χ2n) is 13.7. The average molecular weight is 652 g/mol. The van der Waals surface area contributed by atoms with Crippen molar-refractivity contribution in [3.63, 3.8) is 0 Å². The third-order valence-corrected chi connectivity index (χ3v) is 11.0. The number of aromatic nitrogens is 3. The quantitative estimate of drug-likeness (QED) is 0.180. The summed E-state index contributed by atoms with van der Waals surface area (Å²) in [4.78, 5) is 0. The summed E-state index contributed by atoms with van der Waals surface area (Å²) in [7, 11) is 0. The molecule has 10 aromatic rings. The summed E-state index contributed by atoms with van der Waals surface area (Å²) in [5.41, 5.74) is 12.2. The Balaban J connectivity index is 1.14. The van der Waals surface area contributed by atoms with E-state index < -0.39 is 0 Å². The van der Waals surface area contributed by atoms with Crippen molar-refractivity contribution in [2.24, 2.45) is 0 Å². The highest BCUT2D eigenvalue weighted by Gasteiger charge is 2.22. The van der Waals surface area contributed by atoms with Gasteiger partial charge in [-0.3, -0.25) is 0 Å². The highest BCUT2D eigenvalue weighted by atomic mass is 15.0. The Hall–Kier alpha value is -6.58. The molecule has 0 spiro atoms. The number of nitrogens with zero attached hydrogens (tertiary/aromatic N) is 3. The largest absolute Gasteiger partial charge is 0.310 e. The van der Waals surface area contributed by atoms with E-state index in [9.17, 15) is 0 Å². The summed E-state index contributed by atoms with van der Waals surface area (Å²) in [6.07, 6.45) is 8.09. The molecule has 3 heterocycles. The van der Waals surface area contributed by atoms with Gasteiger partial charge in [-0.05, 0) is 72.7 Å². The minimum atomic E-state index is 0.394. The third-order valence-electron chi connectivity index (χ3n) is 11.0. The van der Waals surface area contributed by atoms with Crippen molar-refractivity contribution < 1.29 is 0 Å². The van der Waals surface area contributed by atoms with E-state index in [1.165, 1.54) is 76.7 Å². The van der Waals surface area contributed by atoms with Gasteiger partial charge in [0.15, 0.2) is 0 Å². The predicted octanol–water partition coefficient (Wildman–Crippen LogP) is 12.6. The summed E-state index contributed by atoms with van der Waals surface area (Å²) in [5, 5.41) is 7.68.